The number of anilines is 3. The molecule has 0 radical (unpaired) electrons. The fourth-order valence-electron chi connectivity index (χ4n) is 4.17. The average molecular weight is 434 g/mol. The number of methoxy groups -OCH3 is 1. The smallest absolute Gasteiger partial charge is 0.216 e. The Balaban J connectivity index is 1.46. The second-order valence-electron chi connectivity index (χ2n) is 8.13. The molecule has 1 saturated carbocycles. The van der Waals surface area contributed by atoms with Crippen molar-refractivity contribution < 1.29 is 4.74 Å². The van der Waals surface area contributed by atoms with Gasteiger partial charge < -0.3 is 15.4 Å². The molecule has 10 heteroatoms. The van der Waals surface area contributed by atoms with Crippen LogP contribution in [0.2, 0.25) is 0 Å². The first-order valence-corrected chi connectivity index (χ1v) is 10.9. The van der Waals surface area contributed by atoms with Crippen LogP contribution >= 0.6 is 0 Å². The maximum atomic E-state index is 5.20. The number of aromatic nitrogens is 7. The molecular formula is C22H27N9O. The quantitative estimate of drug-likeness (QED) is 0.474. The molecule has 1 fully saturated rings. The van der Waals surface area contributed by atoms with Crippen LogP contribution in [0.1, 0.15) is 32.1 Å². The second-order valence-corrected chi connectivity index (χ2v) is 8.13. The maximum absolute atomic E-state index is 5.20. The zero-order chi connectivity index (χ0) is 22.1. The van der Waals surface area contributed by atoms with Crippen molar-refractivity contribution in [2.45, 2.75) is 38.1 Å². The van der Waals surface area contributed by atoms with Crippen LogP contribution in [0.3, 0.4) is 0 Å². The first-order chi connectivity index (χ1) is 15.6. The Hall–Kier alpha value is -3.69. The van der Waals surface area contributed by atoms with E-state index >= 15 is 0 Å². The van der Waals surface area contributed by atoms with Gasteiger partial charge in [-0.25, -0.2) is 9.97 Å². The first-order valence-electron chi connectivity index (χ1n) is 10.9. The summed E-state index contributed by atoms with van der Waals surface area (Å²) in [6, 6.07) is 6.14. The van der Waals surface area contributed by atoms with Crippen molar-refractivity contribution in [2.24, 2.45) is 14.1 Å². The highest BCUT2D eigenvalue weighted by Crippen LogP contribution is 2.30. The number of nitrogens with zero attached hydrogens (tertiary/aromatic N) is 7. The van der Waals surface area contributed by atoms with Crippen molar-refractivity contribution in [3.63, 3.8) is 0 Å². The lowest BCUT2D eigenvalue weighted by Crippen LogP contribution is -2.22. The van der Waals surface area contributed by atoms with E-state index in [4.69, 9.17) is 9.72 Å². The van der Waals surface area contributed by atoms with Crippen LogP contribution in [0.25, 0.3) is 22.6 Å². The normalized spacial score (nSPS) is 14.6. The molecule has 0 amide bonds. The van der Waals surface area contributed by atoms with Gasteiger partial charge in [-0.05, 0) is 12.8 Å². The van der Waals surface area contributed by atoms with Crippen LogP contribution in [-0.4, -0.2) is 47.7 Å². The predicted octanol–water partition coefficient (Wildman–Crippen LogP) is 3.66. The van der Waals surface area contributed by atoms with E-state index < -0.39 is 0 Å². The summed E-state index contributed by atoms with van der Waals surface area (Å²) in [6.45, 7) is 0. The van der Waals surface area contributed by atoms with Crippen molar-refractivity contribution in [1.82, 2.24) is 34.5 Å². The summed E-state index contributed by atoms with van der Waals surface area (Å²) >= 11 is 0. The summed E-state index contributed by atoms with van der Waals surface area (Å²) in [5.41, 5.74) is 2.53. The number of fused-ring (bicyclic) bond motifs is 1. The molecule has 5 rings (SSSR count). The molecule has 4 heterocycles. The lowest BCUT2D eigenvalue weighted by molar-refractivity contribution is 0.397. The van der Waals surface area contributed by atoms with Crippen molar-refractivity contribution in [3.8, 4) is 17.4 Å². The molecule has 0 aromatic carbocycles. The molecular weight excluding hydrogens is 406 g/mol. The fourth-order valence-corrected chi connectivity index (χ4v) is 4.17. The number of nitrogens with one attached hydrogen (secondary N) is 2. The van der Waals surface area contributed by atoms with E-state index in [1.54, 1.807) is 28.7 Å². The molecule has 4 aromatic rings. The summed E-state index contributed by atoms with van der Waals surface area (Å²) < 4.78 is 8.75. The summed E-state index contributed by atoms with van der Waals surface area (Å²) in [5, 5.41) is 17.1. The van der Waals surface area contributed by atoms with E-state index in [0.29, 0.717) is 23.4 Å². The lowest BCUT2D eigenvalue weighted by atomic mass is 9.95. The van der Waals surface area contributed by atoms with Crippen LogP contribution < -0.4 is 15.4 Å². The topological polar surface area (TPSA) is 108 Å². The lowest BCUT2D eigenvalue weighted by Gasteiger charge is -2.24. The molecule has 32 heavy (non-hydrogen) atoms. The van der Waals surface area contributed by atoms with Crippen molar-refractivity contribution in [2.75, 3.05) is 17.7 Å². The van der Waals surface area contributed by atoms with Gasteiger partial charge >= 0.3 is 0 Å². The first kappa shape index (κ1) is 20.2. The molecule has 0 saturated heterocycles. The average Bonchev–Trinajstić information content (AvgIpc) is 3.37. The molecule has 1 aliphatic rings. The van der Waals surface area contributed by atoms with Gasteiger partial charge in [-0.3, -0.25) is 9.36 Å². The van der Waals surface area contributed by atoms with Crippen LogP contribution in [0.15, 0.2) is 30.6 Å². The summed E-state index contributed by atoms with van der Waals surface area (Å²) in [7, 11) is 5.36. The predicted molar refractivity (Wildman–Crippen MR) is 123 cm³/mol. The van der Waals surface area contributed by atoms with Gasteiger partial charge in [-0.15, -0.1) is 0 Å². The zero-order valence-corrected chi connectivity index (χ0v) is 18.5. The zero-order valence-electron chi connectivity index (χ0n) is 18.5. The van der Waals surface area contributed by atoms with E-state index in [-0.39, 0.29) is 0 Å². The molecule has 10 nitrogen and oxygen atoms in total. The van der Waals surface area contributed by atoms with Gasteiger partial charge in [0.2, 0.25) is 5.88 Å². The van der Waals surface area contributed by atoms with E-state index in [9.17, 15) is 0 Å². The molecule has 166 valence electrons. The SMILES string of the molecule is COc1ccnc(-c2cc(Nc3cc(NC4CCCCC4)c4cnn(C)c4n3)n(C)n2)n1. The molecule has 0 unspecified atom stereocenters. The summed E-state index contributed by atoms with van der Waals surface area (Å²) in [5.74, 6) is 2.50. The van der Waals surface area contributed by atoms with E-state index in [2.05, 4.69) is 30.8 Å². The second kappa shape index (κ2) is 8.45. The molecule has 0 aliphatic heterocycles. The van der Waals surface area contributed by atoms with Crippen molar-refractivity contribution in [3.05, 3.63) is 30.6 Å². The van der Waals surface area contributed by atoms with Gasteiger partial charge in [0.25, 0.3) is 0 Å². The summed E-state index contributed by atoms with van der Waals surface area (Å²) in [6.07, 6.45) is 9.78. The fraction of sp³-hybridized carbons (Fsp3) is 0.409. The number of hydrogen-bond acceptors (Lipinski definition) is 8. The highest BCUT2D eigenvalue weighted by molar-refractivity contribution is 5.91. The third-order valence-electron chi connectivity index (χ3n) is 5.87. The standard InChI is InChI=1S/C22H27N9O/c1-30-19(12-17(29-30)21-23-10-9-20(28-21)32-3)26-18-11-16(25-14-7-5-4-6-8-14)15-13-24-31(2)22(15)27-18/h9-14H,4-8H2,1-3H3,(H2,25,26,27). The van der Waals surface area contributed by atoms with Crippen LogP contribution in [0.5, 0.6) is 5.88 Å². The van der Waals surface area contributed by atoms with E-state index in [1.807, 2.05) is 32.4 Å². The minimum atomic E-state index is 0.482. The molecule has 4 aromatic heterocycles. The number of hydrogen-bond donors (Lipinski definition) is 2. The number of pyridine rings is 1. The number of aryl methyl sites for hydroxylation is 2. The van der Waals surface area contributed by atoms with Gasteiger partial charge in [-0.2, -0.15) is 15.2 Å². The minimum Gasteiger partial charge on any atom is -0.481 e. The third kappa shape index (κ3) is 3.95. The Morgan fingerprint density at radius 3 is 2.72 bits per heavy atom. The highest BCUT2D eigenvalue weighted by atomic mass is 16.5. The van der Waals surface area contributed by atoms with E-state index in [1.165, 1.54) is 32.1 Å². The third-order valence-corrected chi connectivity index (χ3v) is 5.87. The van der Waals surface area contributed by atoms with Gasteiger partial charge in [0, 0.05) is 44.5 Å². The van der Waals surface area contributed by atoms with E-state index in [0.717, 1.165) is 28.4 Å². The Morgan fingerprint density at radius 2 is 1.91 bits per heavy atom. The molecule has 0 spiro atoms. The summed E-state index contributed by atoms with van der Waals surface area (Å²) in [4.78, 5) is 13.5. The molecule has 0 bridgehead atoms. The monoisotopic (exact) mass is 433 g/mol. The Bertz CT molecular complexity index is 1240. The van der Waals surface area contributed by atoms with Crippen LogP contribution in [0.4, 0.5) is 17.3 Å². The maximum Gasteiger partial charge on any atom is 0.216 e. The minimum absolute atomic E-state index is 0.482. The highest BCUT2D eigenvalue weighted by Gasteiger charge is 2.18. The van der Waals surface area contributed by atoms with Gasteiger partial charge in [0.15, 0.2) is 11.5 Å². The van der Waals surface area contributed by atoms with Crippen molar-refractivity contribution >= 4 is 28.4 Å². The van der Waals surface area contributed by atoms with Gasteiger partial charge in [-0.1, -0.05) is 19.3 Å². The largest absolute Gasteiger partial charge is 0.481 e. The van der Waals surface area contributed by atoms with Crippen molar-refractivity contribution in [1.29, 1.82) is 0 Å². The Kier molecular flexibility index (Phi) is 5.34. The Labute approximate surface area is 186 Å². The van der Waals surface area contributed by atoms with Crippen LogP contribution in [-0.2, 0) is 14.1 Å². The molecule has 2 N–H and O–H groups in total. The number of ether oxygens (including phenoxy) is 1. The molecule has 1 aliphatic carbocycles. The van der Waals surface area contributed by atoms with Gasteiger partial charge in [0.05, 0.1) is 24.4 Å². The molecule has 0 atom stereocenters. The van der Waals surface area contributed by atoms with Gasteiger partial charge in [0.1, 0.15) is 17.3 Å². The Morgan fingerprint density at radius 1 is 1.06 bits per heavy atom. The van der Waals surface area contributed by atoms with Crippen LogP contribution in [0, 0.1) is 0 Å². The number of rotatable bonds is 6.